The summed E-state index contributed by atoms with van der Waals surface area (Å²) in [7, 11) is 0. The number of aliphatic hydroxyl groups is 1. The molecule has 3 fully saturated rings. The average molecular weight is 406 g/mol. The summed E-state index contributed by atoms with van der Waals surface area (Å²) in [6, 6.07) is 13.3. The first-order valence-corrected chi connectivity index (χ1v) is 11.4. The topological polar surface area (TPSA) is 56.7 Å². The lowest BCUT2D eigenvalue weighted by Crippen LogP contribution is -2.68. The SMILES string of the molecule is O=C(C1CCC1)N1CCCCN2[C@@H](CO)[C@H](c3ccc(-c4ccncc4)cc3)[C@@H]2C1. The van der Waals surface area contributed by atoms with Crippen molar-refractivity contribution >= 4 is 5.91 Å². The molecule has 2 aromatic rings. The Morgan fingerprint density at radius 3 is 2.33 bits per heavy atom. The largest absolute Gasteiger partial charge is 0.395 e. The van der Waals surface area contributed by atoms with Gasteiger partial charge in [-0.25, -0.2) is 0 Å². The normalized spacial score (nSPS) is 27.4. The van der Waals surface area contributed by atoms with Gasteiger partial charge in [0.05, 0.1) is 6.61 Å². The standard InChI is InChI=1S/C25H31N3O2/c29-17-23-24(20-8-6-18(7-9-20)19-10-12-26-13-11-19)22-16-27(14-1-2-15-28(22)23)25(30)21-4-3-5-21/h6-13,21-24,29H,1-5,14-17H2/t22-,23-,24+/m0/s1. The minimum atomic E-state index is 0.153. The number of pyridine rings is 1. The molecule has 1 amide bonds. The highest BCUT2D eigenvalue weighted by atomic mass is 16.3. The molecule has 5 nitrogen and oxygen atoms in total. The molecule has 1 aromatic heterocycles. The van der Waals surface area contributed by atoms with E-state index >= 15 is 0 Å². The summed E-state index contributed by atoms with van der Waals surface area (Å²) in [4.78, 5) is 21.6. The monoisotopic (exact) mass is 405 g/mol. The van der Waals surface area contributed by atoms with Crippen molar-refractivity contribution in [3.05, 3.63) is 54.4 Å². The zero-order valence-corrected chi connectivity index (χ0v) is 17.5. The maximum absolute atomic E-state index is 13.0. The van der Waals surface area contributed by atoms with Gasteiger partial charge in [0.2, 0.25) is 5.91 Å². The van der Waals surface area contributed by atoms with Crippen LogP contribution in [0.1, 0.15) is 43.6 Å². The second-order valence-corrected chi connectivity index (χ2v) is 9.06. The summed E-state index contributed by atoms with van der Waals surface area (Å²) in [5.41, 5.74) is 3.61. The van der Waals surface area contributed by atoms with E-state index in [0.717, 1.165) is 50.9 Å². The molecule has 3 heterocycles. The fraction of sp³-hybridized carbons (Fsp3) is 0.520. The number of aliphatic hydroxyl groups excluding tert-OH is 1. The maximum atomic E-state index is 13.0. The van der Waals surface area contributed by atoms with Crippen LogP contribution in [0.25, 0.3) is 11.1 Å². The molecule has 2 aliphatic heterocycles. The van der Waals surface area contributed by atoms with E-state index in [1.165, 1.54) is 17.5 Å². The van der Waals surface area contributed by atoms with Crippen LogP contribution in [-0.4, -0.2) is 64.1 Å². The molecule has 5 heteroatoms. The molecule has 158 valence electrons. The molecule has 3 aliphatic rings. The lowest BCUT2D eigenvalue weighted by atomic mass is 9.74. The van der Waals surface area contributed by atoms with Gasteiger partial charge in [-0.05, 0) is 61.1 Å². The number of hydrogen-bond donors (Lipinski definition) is 1. The van der Waals surface area contributed by atoms with E-state index in [1.54, 1.807) is 0 Å². The first-order chi connectivity index (χ1) is 14.8. The van der Waals surface area contributed by atoms with Crippen LogP contribution in [0.4, 0.5) is 0 Å². The van der Waals surface area contributed by atoms with Gasteiger partial charge in [0.1, 0.15) is 0 Å². The number of benzene rings is 1. The van der Waals surface area contributed by atoms with Crippen LogP contribution in [-0.2, 0) is 4.79 Å². The van der Waals surface area contributed by atoms with Crippen molar-refractivity contribution in [2.75, 3.05) is 26.2 Å². The Morgan fingerprint density at radius 1 is 0.967 bits per heavy atom. The van der Waals surface area contributed by atoms with Crippen molar-refractivity contribution in [3.8, 4) is 11.1 Å². The van der Waals surface area contributed by atoms with E-state index in [-0.39, 0.29) is 24.5 Å². The number of fused-ring (bicyclic) bond motifs is 1. The predicted molar refractivity (Wildman–Crippen MR) is 117 cm³/mol. The zero-order valence-electron chi connectivity index (χ0n) is 17.5. The molecule has 5 rings (SSSR count). The summed E-state index contributed by atoms with van der Waals surface area (Å²) in [6.07, 6.45) is 9.10. The molecule has 30 heavy (non-hydrogen) atoms. The van der Waals surface area contributed by atoms with Gasteiger partial charge in [-0.3, -0.25) is 14.7 Å². The third kappa shape index (κ3) is 3.54. The minimum absolute atomic E-state index is 0.153. The number of carbonyl (C=O) groups excluding carboxylic acids is 1. The summed E-state index contributed by atoms with van der Waals surface area (Å²) in [5.74, 6) is 0.892. The number of amides is 1. The van der Waals surface area contributed by atoms with Crippen molar-refractivity contribution in [1.82, 2.24) is 14.8 Å². The van der Waals surface area contributed by atoms with E-state index in [4.69, 9.17) is 0 Å². The average Bonchev–Trinajstić information content (AvgIpc) is 2.72. The summed E-state index contributed by atoms with van der Waals surface area (Å²) >= 11 is 0. The van der Waals surface area contributed by atoms with E-state index < -0.39 is 0 Å². The van der Waals surface area contributed by atoms with Gasteiger partial charge in [-0.2, -0.15) is 0 Å². The lowest BCUT2D eigenvalue weighted by Gasteiger charge is -2.57. The minimum Gasteiger partial charge on any atom is -0.395 e. The third-order valence-corrected chi connectivity index (χ3v) is 7.45. The van der Waals surface area contributed by atoms with Gasteiger partial charge < -0.3 is 10.0 Å². The van der Waals surface area contributed by atoms with Gasteiger partial charge in [-0.1, -0.05) is 30.7 Å². The molecule has 2 saturated heterocycles. The van der Waals surface area contributed by atoms with E-state index in [9.17, 15) is 9.90 Å². The first kappa shape index (κ1) is 19.7. The molecule has 0 unspecified atom stereocenters. The maximum Gasteiger partial charge on any atom is 0.225 e. The van der Waals surface area contributed by atoms with E-state index in [1.807, 2.05) is 24.5 Å². The Bertz CT molecular complexity index is 866. The van der Waals surface area contributed by atoms with Crippen LogP contribution in [0.15, 0.2) is 48.8 Å². The van der Waals surface area contributed by atoms with Crippen LogP contribution >= 0.6 is 0 Å². The Hall–Kier alpha value is -2.24. The van der Waals surface area contributed by atoms with Crippen LogP contribution in [0.3, 0.4) is 0 Å². The molecule has 3 atom stereocenters. The quantitative estimate of drug-likeness (QED) is 0.848. The fourth-order valence-corrected chi connectivity index (χ4v) is 5.50. The molecule has 1 saturated carbocycles. The molecular weight excluding hydrogens is 374 g/mol. The van der Waals surface area contributed by atoms with Gasteiger partial charge >= 0.3 is 0 Å². The van der Waals surface area contributed by atoms with Crippen LogP contribution < -0.4 is 0 Å². The summed E-state index contributed by atoms with van der Waals surface area (Å²) in [5, 5.41) is 10.1. The summed E-state index contributed by atoms with van der Waals surface area (Å²) in [6.45, 7) is 2.87. The Morgan fingerprint density at radius 2 is 1.67 bits per heavy atom. The van der Waals surface area contributed by atoms with Gasteiger partial charge in [0.25, 0.3) is 0 Å². The van der Waals surface area contributed by atoms with Crippen molar-refractivity contribution in [1.29, 1.82) is 0 Å². The number of carbonyl (C=O) groups is 1. The van der Waals surface area contributed by atoms with Crippen molar-refractivity contribution in [2.24, 2.45) is 5.92 Å². The van der Waals surface area contributed by atoms with Gasteiger partial charge in [-0.15, -0.1) is 0 Å². The van der Waals surface area contributed by atoms with Crippen LogP contribution in [0, 0.1) is 5.92 Å². The molecule has 0 spiro atoms. The van der Waals surface area contributed by atoms with Crippen molar-refractivity contribution in [2.45, 2.75) is 50.1 Å². The third-order valence-electron chi connectivity index (χ3n) is 7.45. The fourth-order valence-electron chi connectivity index (χ4n) is 5.50. The number of aromatic nitrogens is 1. The molecule has 1 aliphatic carbocycles. The van der Waals surface area contributed by atoms with Gasteiger partial charge in [0, 0.05) is 49.4 Å². The van der Waals surface area contributed by atoms with E-state index in [2.05, 4.69) is 39.0 Å². The Labute approximate surface area is 178 Å². The molecule has 1 N–H and O–H groups in total. The number of nitrogens with zero attached hydrogens (tertiary/aromatic N) is 3. The predicted octanol–water partition coefficient (Wildman–Crippen LogP) is 3.30. The van der Waals surface area contributed by atoms with E-state index in [0.29, 0.717) is 11.9 Å². The van der Waals surface area contributed by atoms with Crippen molar-refractivity contribution in [3.63, 3.8) is 0 Å². The van der Waals surface area contributed by atoms with Crippen LogP contribution in [0.2, 0.25) is 0 Å². The highest BCUT2D eigenvalue weighted by Gasteiger charge is 2.49. The van der Waals surface area contributed by atoms with Crippen LogP contribution in [0.5, 0.6) is 0 Å². The molecule has 0 radical (unpaired) electrons. The zero-order chi connectivity index (χ0) is 20.5. The second-order valence-electron chi connectivity index (χ2n) is 9.06. The molecule has 0 bridgehead atoms. The Balaban J connectivity index is 1.37. The number of hydrogen-bond acceptors (Lipinski definition) is 4. The highest BCUT2D eigenvalue weighted by Crippen LogP contribution is 2.42. The lowest BCUT2D eigenvalue weighted by molar-refractivity contribution is -0.143. The van der Waals surface area contributed by atoms with Gasteiger partial charge in [0.15, 0.2) is 0 Å². The van der Waals surface area contributed by atoms with Crippen molar-refractivity contribution < 1.29 is 9.90 Å². The molecular formula is C25H31N3O2. The smallest absolute Gasteiger partial charge is 0.225 e. The molecule has 1 aromatic carbocycles. The number of rotatable bonds is 4. The first-order valence-electron chi connectivity index (χ1n) is 11.4. The second kappa shape index (κ2) is 8.48. The Kier molecular flexibility index (Phi) is 5.57. The highest BCUT2D eigenvalue weighted by molar-refractivity contribution is 5.79. The summed E-state index contributed by atoms with van der Waals surface area (Å²) < 4.78 is 0.